The highest BCUT2D eigenvalue weighted by Crippen LogP contribution is 2.09. The van der Waals surface area contributed by atoms with E-state index in [1.807, 2.05) is 0 Å². The zero-order valence-electron chi connectivity index (χ0n) is 15.8. The van der Waals surface area contributed by atoms with Gasteiger partial charge in [0.2, 0.25) is 0 Å². The highest BCUT2D eigenvalue weighted by molar-refractivity contribution is 6.30. The Morgan fingerprint density at radius 1 is 1.03 bits per heavy atom. The summed E-state index contributed by atoms with van der Waals surface area (Å²) in [6.45, 7) is 0.110. The fraction of sp³-hybridized carbons (Fsp3) is 0.263. The molecule has 0 spiro atoms. The van der Waals surface area contributed by atoms with E-state index in [0.29, 0.717) is 5.02 Å². The molecule has 4 N–H and O–H groups in total. The quantitative estimate of drug-likeness (QED) is 0.389. The van der Waals surface area contributed by atoms with Crippen LogP contribution in [0.1, 0.15) is 26.4 Å². The molecule has 2 aromatic rings. The van der Waals surface area contributed by atoms with Crippen molar-refractivity contribution in [2.45, 2.75) is 13.1 Å². The molecule has 3 amide bonds. The van der Waals surface area contributed by atoms with E-state index in [-0.39, 0.29) is 43.4 Å². The Kier molecular flexibility index (Phi) is 8.70. The normalized spacial score (nSPS) is 10.3. The minimum Gasteiger partial charge on any atom is -0.448 e. The number of hydrogen-bond donors (Lipinski definition) is 3. The molecule has 11 heteroatoms. The van der Waals surface area contributed by atoms with Gasteiger partial charge in [-0.15, -0.1) is 11.6 Å². The monoisotopic (exact) mass is 454 g/mol. The molecule has 0 saturated heterocycles. The lowest BCUT2D eigenvalue weighted by Crippen LogP contribution is -2.38. The number of nitrogens with zero attached hydrogens (tertiary/aromatic N) is 1. The Labute approximate surface area is 182 Å². The number of pyridine rings is 1. The lowest BCUT2D eigenvalue weighted by molar-refractivity contribution is 0.0919. The predicted molar refractivity (Wildman–Crippen MR) is 112 cm³/mol. The Hall–Kier alpha value is -3.04. The third-order valence-corrected chi connectivity index (χ3v) is 4.38. The molecule has 0 aliphatic carbocycles. The van der Waals surface area contributed by atoms with Crippen molar-refractivity contribution in [3.63, 3.8) is 0 Å². The fourth-order valence-corrected chi connectivity index (χ4v) is 2.84. The smallest absolute Gasteiger partial charge is 0.404 e. The molecule has 0 radical (unpaired) electrons. The van der Waals surface area contributed by atoms with Gasteiger partial charge in [-0.2, -0.15) is 0 Å². The van der Waals surface area contributed by atoms with Crippen molar-refractivity contribution in [3.05, 3.63) is 68.6 Å². The molecule has 160 valence electrons. The summed E-state index contributed by atoms with van der Waals surface area (Å²) in [4.78, 5) is 48.1. The summed E-state index contributed by atoms with van der Waals surface area (Å²) >= 11 is 11.6. The van der Waals surface area contributed by atoms with Gasteiger partial charge in [0.25, 0.3) is 17.4 Å². The first kappa shape index (κ1) is 23.2. The number of halogens is 2. The second kappa shape index (κ2) is 11.2. The molecular formula is C19H20Cl2N4O5. The number of rotatable bonds is 9. The summed E-state index contributed by atoms with van der Waals surface area (Å²) in [5, 5.41) is 5.72. The fourth-order valence-electron chi connectivity index (χ4n) is 2.54. The highest BCUT2D eigenvalue weighted by Gasteiger charge is 2.18. The molecule has 9 nitrogen and oxygen atoms in total. The van der Waals surface area contributed by atoms with Gasteiger partial charge in [0.15, 0.2) is 0 Å². The molecule has 1 aromatic carbocycles. The van der Waals surface area contributed by atoms with Crippen LogP contribution in [0.2, 0.25) is 5.02 Å². The summed E-state index contributed by atoms with van der Waals surface area (Å²) in [6.07, 6.45) is -0.961. The third-order valence-electron chi connectivity index (χ3n) is 3.96. The van der Waals surface area contributed by atoms with E-state index < -0.39 is 23.5 Å². The zero-order valence-corrected chi connectivity index (χ0v) is 17.3. The number of alkyl halides is 1. The summed E-state index contributed by atoms with van der Waals surface area (Å²) in [7, 11) is 0. The van der Waals surface area contributed by atoms with Gasteiger partial charge in [-0.1, -0.05) is 23.7 Å². The van der Waals surface area contributed by atoms with E-state index in [4.69, 9.17) is 28.9 Å². The lowest BCUT2D eigenvalue weighted by Gasteiger charge is -2.14. The highest BCUT2D eigenvalue weighted by atomic mass is 35.5. The number of ether oxygens (including phenoxy) is 1. The van der Waals surface area contributed by atoms with Crippen molar-refractivity contribution in [1.82, 2.24) is 15.2 Å². The molecule has 0 aliphatic heterocycles. The van der Waals surface area contributed by atoms with Gasteiger partial charge in [-0.3, -0.25) is 14.4 Å². The van der Waals surface area contributed by atoms with Crippen molar-refractivity contribution in [3.8, 4) is 0 Å². The van der Waals surface area contributed by atoms with Crippen LogP contribution in [0.4, 0.5) is 4.79 Å². The predicted octanol–water partition coefficient (Wildman–Crippen LogP) is 1.50. The largest absolute Gasteiger partial charge is 0.448 e. The average molecular weight is 455 g/mol. The van der Waals surface area contributed by atoms with Gasteiger partial charge in [-0.05, 0) is 29.8 Å². The number of nitrogens with two attached hydrogens (primary N) is 1. The molecule has 30 heavy (non-hydrogen) atoms. The van der Waals surface area contributed by atoms with E-state index >= 15 is 0 Å². The topological polar surface area (TPSA) is 133 Å². The molecule has 1 heterocycles. The number of primary amides is 1. The second-order valence-electron chi connectivity index (χ2n) is 6.01. The molecule has 0 bridgehead atoms. The van der Waals surface area contributed by atoms with Crippen LogP contribution in [0.3, 0.4) is 0 Å². The third kappa shape index (κ3) is 6.50. The first-order valence-corrected chi connectivity index (χ1v) is 9.77. The van der Waals surface area contributed by atoms with Crippen molar-refractivity contribution < 1.29 is 19.1 Å². The van der Waals surface area contributed by atoms with E-state index in [1.54, 1.807) is 24.3 Å². The van der Waals surface area contributed by atoms with Crippen molar-refractivity contribution in [2.75, 3.05) is 19.0 Å². The number of benzene rings is 1. The molecular weight excluding hydrogens is 435 g/mol. The van der Waals surface area contributed by atoms with E-state index in [9.17, 15) is 19.2 Å². The van der Waals surface area contributed by atoms with Crippen LogP contribution in [-0.2, 0) is 17.8 Å². The number of carbonyl (C=O) groups is 3. The van der Waals surface area contributed by atoms with Crippen molar-refractivity contribution in [1.29, 1.82) is 0 Å². The van der Waals surface area contributed by atoms with Gasteiger partial charge in [0.05, 0.1) is 6.54 Å². The maximum Gasteiger partial charge on any atom is 0.404 e. The molecule has 0 unspecified atom stereocenters. The first-order valence-electron chi connectivity index (χ1n) is 8.86. The molecule has 0 atom stereocenters. The lowest BCUT2D eigenvalue weighted by atomic mass is 10.2. The van der Waals surface area contributed by atoms with E-state index in [2.05, 4.69) is 15.4 Å². The van der Waals surface area contributed by atoms with Crippen LogP contribution < -0.4 is 21.9 Å². The maximum atomic E-state index is 12.8. The van der Waals surface area contributed by atoms with Crippen LogP contribution in [-0.4, -0.2) is 41.5 Å². The van der Waals surface area contributed by atoms with Gasteiger partial charge in [-0.25, -0.2) is 4.79 Å². The van der Waals surface area contributed by atoms with Gasteiger partial charge >= 0.3 is 6.09 Å². The van der Waals surface area contributed by atoms with Crippen molar-refractivity contribution in [2.24, 2.45) is 5.73 Å². The van der Waals surface area contributed by atoms with Crippen LogP contribution in [0.5, 0.6) is 0 Å². The molecule has 0 aliphatic rings. The van der Waals surface area contributed by atoms with Crippen molar-refractivity contribution >= 4 is 41.1 Å². The number of aromatic nitrogens is 1. The second-order valence-corrected chi connectivity index (χ2v) is 6.82. The van der Waals surface area contributed by atoms with E-state index in [1.165, 1.54) is 12.1 Å². The average Bonchev–Trinajstić information content (AvgIpc) is 2.71. The SMILES string of the molecule is NC(=O)OCCNC(=O)c1ccc(C(=O)NCc2ccc(Cl)cc2)c(=O)n1CCCl. The van der Waals surface area contributed by atoms with Gasteiger partial charge in [0.1, 0.15) is 17.9 Å². The Bertz CT molecular complexity index is 976. The van der Waals surface area contributed by atoms with Gasteiger partial charge < -0.3 is 25.7 Å². The van der Waals surface area contributed by atoms with Crippen LogP contribution in [0, 0.1) is 0 Å². The Balaban J connectivity index is 2.13. The summed E-state index contributed by atoms with van der Waals surface area (Å²) < 4.78 is 5.64. The minimum absolute atomic E-state index is 0.000167. The van der Waals surface area contributed by atoms with Crippen LogP contribution in [0.15, 0.2) is 41.2 Å². The van der Waals surface area contributed by atoms with Gasteiger partial charge in [0, 0.05) is 24.0 Å². The number of nitrogens with one attached hydrogen (secondary N) is 2. The summed E-state index contributed by atoms with van der Waals surface area (Å²) in [5.74, 6) is -1.11. The van der Waals surface area contributed by atoms with Crippen LogP contribution in [0.25, 0.3) is 0 Å². The Morgan fingerprint density at radius 3 is 2.37 bits per heavy atom. The number of carbonyl (C=O) groups excluding carboxylic acids is 3. The molecule has 1 aromatic heterocycles. The van der Waals surface area contributed by atoms with Crippen LogP contribution >= 0.6 is 23.2 Å². The zero-order chi connectivity index (χ0) is 22.1. The minimum atomic E-state index is -0.961. The maximum absolute atomic E-state index is 12.8. The molecule has 0 fully saturated rings. The standard InChI is InChI=1S/C19H20Cl2N4O5/c20-7-9-25-15(17(27)23-8-10-30-19(22)29)6-5-14(18(25)28)16(26)24-11-12-1-3-13(21)4-2-12/h1-6H,7-11H2,(H2,22,29)(H,23,27)(H,24,26). The summed E-state index contributed by atoms with van der Waals surface area (Å²) in [6, 6.07) is 9.53. The summed E-state index contributed by atoms with van der Waals surface area (Å²) in [5.41, 5.74) is 4.90. The van der Waals surface area contributed by atoms with E-state index in [0.717, 1.165) is 10.1 Å². The molecule has 0 saturated carbocycles. The number of hydrogen-bond acceptors (Lipinski definition) is 5. The Morgan fingerprint density at radius 2 is 1.73 bits per heavy atom. The molecule has 2 rings (SSSR count). The number of amides is 3. The first-order chi connectivity index (χ1) is 14.3.